The minimum Gasteiger partial charge on any atom is -0.333 e. The Morgan fingerprint density at radius 1 is 1.25 bits per heavy atom. The van der Waals surface area contributed by atoms with Gasteiger partial charge in [0.25, 0.3) is 0 Å². The zero-order valence-corrected chi connectivity index (χ0v) is 16.7. The molecule has 24 heavy (non-hydrogen) atoms. The summed E-state index contributed by atoms with van der Waals surface area (Å²) in [4.78, 5) is 26.1. The molecule has 1 atom stereocenters. The summed E-state index contributed by atoms with van der Waals surface area (Å²) in [6, 6.07) is 7.59. The Labute approximate surface area is 153 Å². The molecule has 0 bridgehead atoms. The Morgan fingerprint density at radius 2 is 1.88 bits per heavy atom. The number of carbonyl (C=O) groups excluding carboxylic acids is 2. The average Bonchev–Trinajstić information content (AvgIpc) is 2.44. The number of nitrogens with zero attached hydrogens (tertiary/aromatic N) is 1. The van der Waals surface area contributed by atoms with Crippen molar-refractivity contribution in [2.45, 2.75) is 52.6 Å². The number of halogens is 1. The first-order valence-corrected chi connectivity index (χ1v) is 9.03. The number of hydrogen-bond donors (Lipinski definition) is 2. The summed E-state index contributed by atoms with van der Waals surface area (Å²) in [5.74, 6) is -0.302. The van der Waals surface area contributed by atoms with Gasteiger partial charge in [-0.15, -0.1) is 0 Å². The molecule has 1 rings (SSSR count). The highest BCUT2D eigenvalue weighted by molar-refractivity contribution is 9.10. The Morgan fingerprint density at radius 3 is 2.42 bits per heavy atom. The normalized spacial score (nSPS) is 12.8. The van der Waals surface area contributed by atoms with Crippen LogP contribution in [0.5, 0.6) is 0 Å². The molecule has 0 aliphatic rings. The van der Waals surface area contributed by atoms with Crippen molar-refractivity contribution in [2.24, 2.45) is 0 Å². The molecule has 0 saturated carbocycles. The van der Waals surface area contributed by atoms with Gasteiger partial charge in [0.2, 0.25) is 5.91 Å². The molecule has 1 aromatic carbocycles. The molecule has 134 valence electrons. The number of imide groups is 1. The standard InChI is InChI=1S/C18H28BrN3O2/c1-6-11-22(13(2)14-9-7-8-10-15(14)19)12-16(23)20-17(24)21-18(3,4)5/h7-10,13H,6,11-12H2,1-5H3,(H2,20,21,23,24). The predicted octanol–water partition coefficient (Wildman–Crippen LogP) is 3.85. The largest absolute Gasteiger partial charge is 0.333 e. The number of rotatable bonds is 6. The third kappa shape index (κ3) is 7.01. The van der Waals surface area contributed by atoms with Crippen LogP contribution >= 0.6 is 15.9 Å². The summed E-state index contributed by atoms with van der Waals surface area (Å²) < 4.78 is 1.02. The van der Waals surface area contributed by atoms with Gasteiger partial charge in [0.1, 0.15) is 0 Å². The van der Waals surface area contributed by atoms with Gasteiger partial charge in [0.05, 0.1) is 6.54 Å². The average molecular weight is 398 g/mol. The molecule has 0 saturated heterocycles. The van der Waals surface area contributed by atoms with Crippen molar-refractivity contribution in [3.8, 4) is 0 Å². The number of urea groups is 1. The molecule has 0 aliphatic heterocycles. The van der Waals surface area contributed by atoms with Crippen LogP contribution in [0, 0.1) is 0 Å². The van der Waals surface area contributed by atoms with E-state index >= 15 is 0 Å². The van der Waals surface area contributed by atoms with Crippen molar-refractivity contribution in [2.75, 3.05) is 13.1 Å². The topological polar surface area (TPSA) is 61.4 Å². The summed E-state index contributed by atoms with van der Waals surface area (Å²) in [5.41, 5.74) is 0.744. The molecule has 2 N–H and O–H groups in total. The first-order valence-electron chi connectivity index (χ1n) is 8.24. The highest BCUT2D eigenvalue weighted by Crippen LogP contribution is 2.27. The molecule has 0 aliphatic carbocycles. The zero-order valence-electron chi connectivity index (χ0n) is 15.1. The van der Waals surface area contributed by atoms with E-state index < -0.39 is 6.03 Å². The van der Waals surface area contributed by atoms with Crippen LogP contribution in [0.2, 0.25) is 0 Å². The zero-order chi connectivity index (χ0) is 18.3. The molecule has 0 radical (unpaired) electrons. The second-order valence-corrected chi connectivity index (χ2v) is 7.77. The molecule has 0 heterocycles. The van der Waals surface area contributed by atoms with E-state index in [0.29, 0.717) is 0 Å². The lowest BCUT2D eigenvalue weighted by atomic mass is 10.1. The Kier molecular flexibility index (Phi) is 7.90. The summed E-state index contributed by atoms with van der Waals surface area (Å²) in [6.07, 6.45) is 0.927. The van der Waals surface area contributed by atoms with Gasteiger partial charge in [0, 0.05) is 16.1 Å². The van der Waals surface area contributed by atoms with Crippen LogP contribution in [0.1, 0.15) is 52.6 Å². The lowest BCUT2D eigenvalue weighted by molar-refractivity contribution is -0.121. The highest BCUT2D eigenvalue weighted by Gasteiger charge is 2.21. The highest BCUT2D eigenvalue weighted by atomic mass is 79.9. The van der Waals surface area contributed by atoms with Gasteiger partial charge in [-0.1, -0.05) is 41.1 Å². The molecule has 0 aromatic heterocycles. The van der Waals surface area contributed by atoms with Gasteiger partial charge in [0.15, 0.2) is 0 Å². The van der Waals surface area contributed by atoms with Crippen LogP contribution in [0.3, 0.4) is 0 Å². The van der Waals surface area contributed by atoms with Crippen LogP contribution < -0.4 is 10.6 Å². The molecule has 1 aromatic rings. The monoisotopic (exact) mass is 397 g/mol. The summed E-state index contributed by atoms with van der Waals surface area (Å²) in [6.45, 7) is 10.7. The molecule has 6 heteroatoms. The van der Waals surface area contributed by atoms with Crippen molar-refractivity contribution in [1.82, 2.24) is 15.5 Å². The Bertz CT molecular complexity index is 570. The fraction of sp³-hybridized carbons (Fsp3) is 0.556. The van der Waals surface area contributed by atoms with Crippen LogP contribution in [0.25, 0.3) is 0 Å². The van der Waals surface area contributed by atoms with E-state index in [-0.39, 0.29) is 24.0 Å². The van der Waals surface area contributed by atoms with Gasteiger partial charge in [-0.05, 0) is 52.3 Å². The third-order valence-corrected chi connectivity index (χ3v) is 4.22. The van der Waals surface area contributed by atoms with Gasteiger partial charge in [-0.25, -0.2) is 4.79 Å². The molecular formula is C18H28BrN3O2. The number of nitrogens with one attached hydrogen (secondary N) is 2. The first-order chi connectivity index (χ1) is 11.1. The maximum Gasteiger partial charge on any atom is 0.321 e. The van der Waals surface area contributed by atoms with Gasteiger partial charge >= 0.3 is 6.03 Å². The second kappa shape index (κ2) is 9.18. The van der Waals surface area contributed by atoms with Crippen molar-refractivity contribution >= 4 is 27.9 Å². The predicted molar refractivity (Wildman–Crippen MR) is 101 cm³/mol. The summed E-state index contributed by atoms with van der Waals surface area (Å²) in [7, 11) is 0. The molecular weight excluding hydrogens is 370 g/mol. The van der Waals surface area contributed by atoms with Crippen molar-refractivity contribution < 1.29 is 9.59 Å². The lowest BCUT2D eigenvalue weighted by Gasteiger charge is -2.29. The first kappa shape index (κ1) is 20.6. The second-order valence-electron chi connectivity index (χ2n) is 6.92. The van der Waals surface area contributed by atoms with E-state index in [9.17, 15) is 9.59 Å². The van der Waals surface area contributed by atoms with Crippen LogP contribution in [-0.4, -0.2) is 35.5 Å². The fourth-order valence-electron chi connectivity index (χ4n) is 2.43. The smallest absolute Gasteiger partial charge is 0.321 e. The Hall–Kier alpha value is -1.40. The number of carbonyl (C=O) groups is 2. The molecule has 5 nitrogen and oxygen atoms in total. The minimum atomic E-state index is -0.461. The molecule has 0 fully saturated rings. The van der Waals surface area contributed by atoms with Gasteiger partial charge in [-0.3, -0.25) is 15.0 Å². The van der Waals surface area contributed by atoms with Gasteiger partial charge < -0.3 is 5.32 Å². The van der Waals surface area contributed by atoms with E-state index in [1.54, 1.807) is 0 Å². The lowest BCUT2D eigenvalue weighted by Crippen LogP contribution is -2.50. The van der Waals surface area contributed by atoms with Crippen molar-refractivity contribution in [1.29, 1.82) is 0 Å². The van der Waals surface area contributed by atoms with Crippen molar-refractivity contribution in [3.05, 3.63) is 34.3 Å². The summed E-state index contributed by atoms with van der Waals surface area (Å²) in [5, 5.41) is 5.13. The molecule has 3 amide bonds. The van der Waals surface area contributed by atoms with E-state index in [1.807, 2.05) is 45.0 Å². The summed E-state index contributed by atoms with van der Waals surface area (Å²) >= 11 is 3.56. The SMILES string of the molecule is CCCN(CC(=O)NC(=O)NC(C)(C)C)C(C)c1ccccc1Br. The van der Waals surface area contributed by atoms with Crippen LogP contribution in [0.15, 0.2) is 28.7 Å². The number of hydrogen-bond acceptors (Lipinski definition) is 3. The number of amides is 3. The third-order valence-electron chi connectivity index (χ3n) is 3.50. The molecule has 0 spiro atoms. The van der Waals surface area contributed by atoms with Crippen LogP contribution in [0.4, 0.5) is 4.79 Å². The van der Waals surface area contributed by atoms with E-state index in [1.165, 1.54) is 0 Å². The van der Waals surface area contributed by atoms with E-state index in [4.69, 9.17) is 0 Å². The quantitative estimate of drug-likeness (QED) is 0.765. The van der Waals surface area contributed by atoms with Gasteiger partial charge in [-0.2, -0.15) is 0 Å². The fourth-order valence-corrected chi connectivity index (χ4v) is 3.05. The maximum absolute atomic E-state index is 12.2. The molecule has 1 unspecified atom stereocenters. The maximum atomic E-state index is 12.2. The van der Waals surface area contributed by atoms with Crippen LogP contribution in [-0.2, 0) is 4.79 Å². The minimum absolute atomic E-state index is 0.0666. The van der Waals surface area contributed by atoms with E-state index in [0.717, 1.165) is 23.0 Å². The Balaban J connectivity index is 2.73. The van der Waals surface area contributed by atoms with Crippen molar-refractivity contribution in [3.63, 3.8) is 0 Å². The number of benzene rings is 1. The van der Waals surface area contributed by atoms with E-state index in [2.05, 4.69) is 45.3 Å².